The van der Waals surface area contributed by atoms with Crippen LogP contribution in [0.2, 0.25) is 0 Å². The molecule has 1 fully saturated rings. The molecule has 0 aliphatic heterocycles. The van der Waals surface area contributed by atoms with E-state index in [1.165, 1.54) is 0 Å². The number of hydrogen-bond acceptors (Lipinski definition) is 3. The van der Waals surface area contributed by atoms with Crippen LogP contribution in [0.25, 0.3) is 0 Å². The van der Waals surface area contributed by atoms with Crippen LogP contribution in [0.4, 0.5) is 5.82 Å². The number of nitrogens with zero attached hydrogens (tertiary/aromatic N) is 1. The van der Waals surface area contributed by atoms with E-state index in [1.807, 2.05) is 13.8 Å². The van der Waals surface area contributed by atoms with Gasteiger partial charge in [0.1, 0.15) is 5.82 Å². The Morgan fingerprint density at radius 3 is 3.00 bits per heavy atom. The highest BCUT2D eigenvalue weighted by Crippen LogP contribution is 2.37. The van der Waals surface area contributed by atoms with Crippen molar-refractivity contribution < 1.29 is 4.79 Å². The van der Waals surface area contributed by atoms with Gasteiger partial charge < -0.3 is 11.1 Å². The number of nitrogens with one attached hydrogen (secondary N) is 2. The van der Waals surface area contributed by atoms with Crippen LogP contribution in [0.15, 0.2) is 6.20 Å². The first-order chi connectivity index (χ1) is 7.54. The van der Waals surface area contributed by atoms with Gasteiger partial charge in [-0.1, -0.05) is 6.42 Å². The Morgan fingerprint density at radius 1 is 1.75 bits per heavy atom. The van der Waals surface area contributed by atoms with Crippen LogP contribution >= 0.6 is 0 Å². The van der Waals surface area contributed by atoms with Gasteiger partial charge in [0.2, 0.25) is 5.91 Å². The summed E-state index contributed by atoms with van der Waals surface area (Å²) in [5.74, 6) is 0.662. The van der Waals surface area contributed by atoms with Gasteiger partial charge in [0.15, 0.2) is 0 Å². The molecule has 2 unspecified atom stereocenters. The molecule has 5 nitrogen and oxygen atoms in total. The predicted molar refractivity (Wildman–Crippen MR) is 61.9 cm³/mol. The number of aromatic nitrogens is 2. The summed E-state index contributed by atoms with van der Waals surface area (Å²) in [5, 5.41) is 9.51. The van der Waals surface area contributed by atoms with E-state index in [-0.39, 0.29) is 11.9 Å². The lowest BCUT2D eigenvalue weighted by molar-refractivity contribution is -0.125. The second-order valence-electron chi connectivity index (χ2n) is 4.80. The fourth-order valence-electron chi connectivity index (χ4n) is 2.20. The molecule has 5 heteroatoms. The van der Waals surface area contributed by atoms with E-state index in [1.54, 1.807) is 6.20 Å². The quantitative estimate of drug-likeness (QED) is 0.702. The van der Waals surface area contributed by atoms with Gasteiger partial charge in [-0.25, -0.2) is 0 Å². The summed E-state index contributed by atoms with van der Waals surface area (Å²) >= 11 is 0. The highest BCUT2D eigenvalue weighted by Gasteiger charge is 2.43. The summed E-state index contributed by atoms with van der Waals surface area (Å²) in [5.41, 5.74) is 6.48. The van der Waals surface area contributed by atoms with Crippen molar-refractivity contribution in [3.05, 3.63) is 11.8 Å². The van der Waals surface area contributed by atoms with Gasteiger partial charge in [0.25, 0.3) is 0 Å². The number of aromatic amines is 1. The summed E-state index contributed by atoms with van der Waals surface area (Å²) in [7, 11) is 0. The van der Waals surface area contributed by atoms with Gasteiger partial charge in [-0.3, -0.25) is 9.89 Å². The van der Waals surface area contributed by atoms with Crippen molar-refractivity contribution in [2.45, 2.75) is 39.2 Å². The van der Waals surface area contributed by atoms with Crippen molar-refractivity contribution in [1.29, 1.82) is 0 Å². The Bertz CT molecular complexity index is 400. The highest BCUT2D eigenvalue weighted by atomic mass is 16.2. The van der Waals surface area contributed by atoms with Crippen molar-refractivity contribution in [2.24, 2.45) is 11.1 Å². The molecule has 16 heavy (non-hydrogen) atoms. The number of carbonyl (C=O) groups excluding carboxylic acids is 1. The largest absolute Gasteiger partial charge is 0.327 e. The first kappa shape index (κ1) is 11.1. The SMILES string of the molecule is Cc1cn[nH]c1NC(=O)C1(C)CCCC1N. The molecular weight excluding hydrogens is 204 g/mol. The van der Waals surface area contributed by atoms with Crippen LogP contribution in [-0.4, -0.2) is 22.1 Å². The highest BCUT2D eigenvalue weighted by molar-refractivity contribution is 5.95. The Labute approximate surface area is 94.8 Å². The summed E-state index contributed by atoms with van der Waals surface area (Å²) in [6.45, 7) is 3.84. The minimum absolute atomic E-state index is 0.00940. The average molecular weight is 222 g/mol. The van der Waals surface area contributed by atoms with E-state index in [4.69, 9.17) is 5.73 Å². The van der Waals surface area contributed by atoms with E-state index in [2.05, 4.69) is 15.5 Å². The van der Waals surface area contributed by atoms with Crippen LogP contribution in [0, 0.1) is 12.3 Å². The molecule has 1 aliphatic rings. The van der Waals surface area contributed by atoms with E-state index < -0.39 is 5.41 Å². The minimum Gasteiger partial charge on any atom is -0.327 e. The lowest BCUT2D eigenvalue weighted by Crippen LogP contribution is -2.44. The van der Waals surface area contributed by atoms with Gasteiger partial charge in [0, 0.05) is 11.6 Å². The molecule has 2 rings (SSSR count). The monoisotopic (exact) mass is 222 g/mol. The summed E-state index contributed by atoms with van der Waals surface area (Å²) in [6, 6.07) is -0.0456. The number of H-pyrrole nitrogens is 1. The maximum Gasteiger partial charge on any atom is 0.233 e. The smallest absolute Gasteiger partial charge is 0.233 e. The molecular formula is C11H18N4O. The second kappa shape index (κ2) is 3.90. The zero-order valence-corrected chi connectivity index (χ0v) is 9.71. The van der Waals surface area contributed by atoms with Crippen molar-refractivity contribution >= 4 is 11.7 Å². The zero-order valence-electron chi connectivity index (χ0n) is 9.71. The van der Waals surface area contributed by atoms with Crippen LogP contribution in [-0.2, 0) is 4.79 Å². The van der Waals surface area contributed by atoms with Crippen LogP contribution < -0.4 is 11.1 Å². The third kappa shape index (κ3) is 1.71. The lowest BCUT2D eigenvalue weighted by Gasteiger charge is -2.27. The number of nitrogens with two attached hydrogens (primary N) is 1. The molecule has 0 saturated heterocycles. The van der Waals surface area contributed by atoms with E-state index >= 15 is 0 Å². The third-order valence-corrected chi connectivity index (χ3v) is 3.62. The number of hydrogen-bond donors (Lipinski definition) is 3. The summed E-state index contributed by atoms with van der Waals surface area (Å²) in [6.07, 6.45) is 4.48. The van der Waals surface area contributed by atoms with E-state index in [9.17, 15) is 4.79 Å². The fourth-order valence-corrected chi connectivity index (χ4v) is 2.20. The fraction of sp³-hybridized carbons (Fsp3) is 0.636. The summed E-state index contributed by atoms with van der Waals surface area (Å²) in [4.78, 5) is 12.2. The normalized spacial score (nSPS) is 29.3. The maximum atomic E-state index is 12.2. The Balaban J connectivity index is 2.11. The van der Waals surface area contributed by atoms with Gasteiger partial charge in [-0.15, -0.1) is 0 Å². The summed E-state index contributed by atoms with van der Waals surface area (Å²) < 4.78 is 0. The Morgan fingerprint density at radius 2 is 2.50 bits per heavy atom. The number of aryl methyl sites for hydroxylation is 1. The first-order valence-electron chi connectivity index (χ1n) is 5.61. The van der Waals surface area contributed by atoms with Gasteiger partial charge >= 0.3 is 0 Å². The van der Waals surface area contributed by atoms with Crippen molar-refractivity contribution in [2.75, 3.05) is 5.32 Å². The van der Waals surface area contributed by atoms with Gasteiger partial charge in [-0.05, 0) is 26.7 Å². The number of anilines is 1. The number of carbonyl (C=O) groups is 1. The number of amides is 1. The molecule has 1 saturated carbocycles. The van der Waals surface area contributed by atoms with Crippen molar-refractivity contribution in [3.63, 3.8) is 0 Å². The van der Waals surface area contributed by atoms with E-state index in [0.29, 0.717) is 5.82 Å². The van der Waals surface area contributed by atoms with Crippen LogP contribution in [0.1, 0.15) is 31.7 Å². The van der Waals surface area contributed by atoms with Gasteiger partial charge in [0.05, 0.1) is 11.6 Å². The molecule has 4 N–H and O–H groups in total. The minimum atomic E-state index is -0.447. The second-order valence-corrected chi connectivity index (χ2v) is 4.80. The van der Waals surface area contributed by atoms with Crippen molar-refractivity contribution in [3.8, 4) is 0 Å². The topological polar surface area (TPSA) is 83.8 Å². The lowest BCUT2D eigenvalue weighted by atomic mass is 9.84. The van der Waals surface area contributed by atoms with Crippen LogP contribution in [0.3, 0.4) is 0 Å². The maximum absolute atomic E-state index is 12.2. The van der Waals surface area contributed by atoms with Crippen molar-refractivity contribution in [1.82, 2.24) is 10.2 Å². The first-order valence-corrected chi connectivity index (χ1v) is 5.61. The molecule has 1 aromatic rings. The molecule has 2 atom stereocenters. The molecule has 0 aromatic carbocycles. The molecule has 88 valence electrons. The average Bonchev–Trinajstić information content (AvgIpc) is 2.77. The molecule has 1 heterocycles. The molecule has 0 radical (unpaired) electrons. The molecule has 0 bridgehead atoms. The van der Waals surface area contributed by atoms with Crippen LogP contribution in [0.5, 0.6) is 0 Å². The molecule has 1 aromatic heterocycles. The molecule has 0 spiro atoms. The third-order valence-electron chi connectivity index (χ3n) is 3.62. The zero-order chi connectivity index (χ0) is 11.8. The Kier molecular flexibility index (Phi) is 2.71. The standard InChI is InChI=1S/C11H18N4O/c1-7-6-13-15-9(7)14-10(16)11(2)5-3-4-8(11)12/h6,8H,3-5,12H2,1-2H3,(H2,13,14,15,16). The molecule has 1 aliphatic carbocycles. The number of rotatable bonds is 2. The van der Waals surface area contributed by atoms with Gasteiger partial charge in [-0.2, -0.15) is 5.10 Å². The Hall–Kier alpha value is -1.36. The molecule has 1 amide bonds. The predicted octanol–water partition coefficient (Wildman–Crippen LogP) is 1.17. The van der Waals surface area contributed by atoms with E-state index in [0.717, 1.165) is 24.8 Å².